The number of rotatable bonds is 6. The van der Waals surface area contributed by atoms with Crippen LogP contribution in [0.25, 0.3) is 11.0 Å². The molecular weight excluding hydrogens is 410 g/mol. The third-order valence-corrected chi connectivity index (χ3v) is 6.41. The smallest absolute Gasteiger partial charge is 0.255 e. The highest BCUT2D eigenvalue weighted by atomic mass is 16.1. The zero-order valence-electron chi connectivity index (χ0n) is 18.9. The summed E-state index contributed by atoms with van der Waals surface area (Å²) in [6.45, 7) is 5.23. The van der Waals surface area contributed by atoms with Crippen LogP contribution in [-0.4, -0.2) is 53.1 Å². The van der Waals surface area contributed by atoms with Gasteiger partial charge < -0.3 is 14.8 Å². The molecule has 0 aliphatic carbocycles. The number of hydrogen-bond donors (Lipinski definition) is 1. The summed E-state index contributed by atoms with van der Waals surface area (Å²) in [6, 6.07) is 25.8. The molecule has 1 aliphatic rings. The molecule has 0 unspecified atom stereocenters. The Bertz CT molecular complexity index is 1230. The Balaban J connectivity index is 1.20. The van der Waals surface area contributed by atoms with E-state index in [0.717, 1.165) is 61.7 Å². The molecule has 6 nitrogen and oxygen atoms in total. The van der Waals surface area contributed by atoms with E-state index in [4.69, 9.17) is 4.98 Å². The molecule has 1 aliphatic heterocycles. The molecule has 6 heteroatoms. The van der Waals surface area contributed by atoms with Crippen LogP contribution in [0.2, 0.25) is 0 Å². The largest absolute Gasteiger partial charge is 0.369 e. The number of anilines is 2. The molecular formula is C27H29N5O. The van der Waals surface area contributed by atoms with Crippen LogP contribution in [0.15, 0.2) is 78.9 Å². The Kier molecular flexibility index (Phi) is 6.09. The van der Waals surface area contributed by atoms with Gasteiger partial charge in [0.2, 0.25) is 0 Å². The van der Waals surface area contributed by atoms with Crippen LogP contribution in [0, 0.1) is 0 Å². The summed E-state index contributed by atoms with van der Waals surface area (Å²) in [7, 11) is 2.07. The van der Waals surface area contributed by atoms with Gasteiger partial charge >= 0.3 is 0 Å². The quantitative estimate of drug-likeness (QED) is 0.490. The fourth-order valence-electron chi connectivity index (χ4n) is 4.47. The second kappa shape index (κ2) is 9.46. The fraction of sp³-hybridized carbons (Fsp3) is 0.259. The fourth-order valence-corrected chi connectivity index (χ4v) is 4.47. The van der Waals surface area contributed by atoms with E-state index >= 15 is 0 Å². The number of para-hydroxylation sites is 1. The number of imidazole rings is 1. The summed E-state index contributed by atoms with van der Waals surface area (Å²) in [5.74, 6) is 0.961. The topological polar surface area (TPSA) is 53.4 Å². The van der Waals surface area contributed by atoms with Crippen molar-refractivity contribution in [3.8, 4) is 0 Å². The Morgan fingerprint density at radius 2 is 1.61 bits per heavy atom. The van der Waals surface area contributed by atoms with E-state index in [1.54, 1.807) is 0 Å². The predicted octanol–water partition coefficient (Wildman–Crippen LogP) is 4.19. The van der Waals surface area contributed by atoms with Crippen LogP contribution in [0.3, 0.4) is 0 Å². The van der Waals surface area contributed by atoms with Gasteiger partial charge in [0.1, 0.15) is 5.82 Å². The molecule has 1 fully saturated rings. The first-order chi connectivity index (χ1) is 16.2. The van der Waals surface area contributed by atoms with Crippen molar-refractivity contribution in [2.75, 3.05) is 42.9 Å². The molecule has 2 heterocycles. The normalized spacial score (nSPS) is 14.5. The van der Waals surface area contributed by atoms with Gasteiger partial charge in [-0.3, -0.25) is 9.69 Å². The third kappa shape index (κ3) is 4.76. The SMILES string of the molecule is Cn1c(CCN2CCN(c3ccccc3)CC2)nc2cc(NC(=O)c3ccccc3)ccc21. The van der Waals surface area contributed by atoms with Gasteiger partial charge in [-0.05, 0) is 42.5 Å². The number of amides is 1. The van der Waals surface area contributed by atoms with Gasteiger partial charge in [-0.2, -0.15) is 0 Å². The lowest BCUT2D eigenvalue weighted by Gasteiger charge is -2.36. The number of benzene rings is 3. The van der Waals surface area contributed by atoms with E-state index in [0.29, 0.717) is 5.56 Å². The summed E-state index contributed by atoms with van der Waals surface area (Å²) >= 11 is 0. The molecule has 33 heavy (non-hydrogen) atoms. The van der Waals surface area contributed by atoms with Crippen molar-refractivity contribution < 1.29 is 4.79 Å². The molecule has 5 rings (SSSR count). The monoisotopic (exact) mass is 439 g/mol. The standard InChI is InChI=1S/C27H29N5O/c1-30-25-13-12-22(28-27(33)21-8-4-2-5-9-21)20-24(25)29-26(30)14-15-31-16-18-32(19-17-31)23-10-6-3-7-11-23/h2-13,20H,14-19H2,1H3,(H,28,33). The minimum atomic E-state index is -0.110. The summed E-state index contributed by atoms with van der Waals surface area (Å²) in [5, 5.41) is 2.98. The van der Waals surface area contributed by atoms with Gasteiger partial charge in [0.25, 0.3) is 5.91 Å². The lowest BCUT2D eigenvalue weighted by atomic mass is 10.2. The van der Waals surface area contributed by atoms with Crippen molar-refractivity contribution >= 4 is 28.3 Å². The van der Waals surface area contributed by atoms with Gasteiger partial charge in [0, 0.05) is 63.1 Å². The zero-order chi connectivity index (χ0) is 22.6. The maximum Gasteiger partial charge on any atom is 0.255 e. The van der Waals surface area contributed by atoms with E-state index in [1.807, 2.05) is 48.5 Å². The van der Waals surface area contributed by atoms with Crippen LogP contribution < -0.4 is 10.2 Å². The first-order valence-electron chi connectivity index (χ1n) is 11.5. The van der Waals surface area contributed by atoms with Crippen LogP contribution >= 0.6 is 0 Å². The van der Waals surface area contributed by atoms with Crippen molar-refractivity contribution in [3.05, 3.63) is 90.3 Å². The van der Waals surface area contributed by atoms with Gasteiger partial charge in [-0.1, -0.05) is 36.4 Å². The van der Waals surface area contributed by atoms with E-state index in [9.17, 15) is 4.79 Å². The van der Waals surface area contributed by atoms with Crippen molar-refractivity contribution in [2.24, 2.45) is 7.05 Å². The summed E-state index contributed by atoms with van der Waals surface area (Å²) in [5.41, 5.74) is 4.70. The second-order valence-corrected chi connectivity index (χ2v) is 8.52. The molecule has 3 aromatic carbocycles. The molecule has 0 radical (unpaired) electrons. The first kappa shape index (κ1) is 21.2. The minimum Gasteiger partial charge on any atom is -0.369 e. The van der Waals surface area contributed by atoms with E-state index in [2.05, 4.69) is 57.1 Å². The average molecular weight is 440 g/mol. The average Bonchev–Trinajstić information content (AvgIpc) is 3.18. The first-order valence-corrected chi connectivity index (χ1v) is 11.5. The Morgan fingerprint density at radius 3 is 2.33 bits per heavy atom. The second-order valence-electron chi connectivity index (χ2n) is 8.52. The minimum absolute atomic E-state index is 0.110. The predicted molar refractivity (Wildman–Crippen MR) is 134 cm³/mol. The molecule has 0 bridgehead atoms. The molecule has 0 saturated carbocycles. The summed E-state index contributed by atoms with van der Waals surface area (Å²) in [4.78, 5) is 22.3. The molecule has 1 aromatic heterocycles. The number of nitrogens with one attached hydrogen (secondary N) is 1. The van der Waals surface area contributed by atoms with Gasteiger partial charge in [-0.15, -0.1) is 0 Å². The number of piperazine rings is 1. The van der Waals surface area contributed by atoms with Crippen molar-refractivity contribution in [1.82, 2.24) is 14.5 Å². The number of aryl methyl sites for hydroxylation is 1. The zero-order valence-corrected chi connectivity index (χ0v) is 18.9. The maximum atomic E-state index is 12.5. The van der Waals surface area contributed by atoms with Crippen molar-refractivity contribution in [1.29, 1.82) is 0 Å². The third-order valence-electron chi connectivity index (χ3n) is 6.41. The Morgan fingerprint density at radius 1 is 0.909 bits per heavy atom. The van der Waals surface area contributed by atoms with Crippen LogP contribution in [-0.2, 0) is 13.5 Å². The number of hydrogen-bond acceptors (Lipinski definition) is 4. The van der Waals surface area contributed by atoms with Crippen LogP contribution in [0.4, 0.5) is 11.4 Å². The van der Waals surface area contributed by atoms with Gasteiger partial charge in [0.05, 0.1) is 11.0 Å². The van der Waals surface area contributed by atoms with Crippen molar-refractivity contribution in [2.45, 2.75) is 6.42 Å². The Labute approximate surface area is 194 Å². The summed E-state index contributed by atoms with van der Waals surface area (Å²) in [6.07, 6.45) is 0.905. The molecule has 1 saturated heterocycles. The highest BCUT2D eigenvalue weighted by molar-refractivity contribution is 6.04. The highest BCUT2D eigenvalue weighted by Crippen LogP contribution is 2.21. The van der Waals surface area contributed by atoms with Gasteiger partial charge in [0.15, 0.2) is 0 Å². The lowest BCUT2D eigenvalue weighted by molar-refractivity contribution is 0.102. The maximum absolute atomic E-state index is 12.5. The van der Waals surface area contributed by atoms with Crippen LogP contribution in [0.1, 0.15) is 16.2 Å². The Hall–Kier alpha value is -3.64. The molecule has 1 amide bonds. The number of carbonyl (C=O) groups excluding carboxylic acids is 1. The molecule has 4 aromatic rings. The summed E-state index contributed by atoms with van der Waals surface area (Å²) < 4.78 is 2.17. The molecule has 1 N–H and O–H groups in total. The molecule has 0 atom stereocenters. The van der Waals surface area contributed by atoms with E-state index < -0.39 is 0 Å². The van der Waals surface area contributed by atoms with Gasteiger partial charge in [-0.25, -0.2) is 4.98 Å². The van der Waals surface area contributed by atoms with E-state index in [1.165, 1.54) is 5.69 Å². The highest BCUT2D eigenvalue weighted by Gasteiger charge is 2.18. The number of fused-ring (bicyclic) bond motifs is 1. The number of aromatic nitrogens is 2. The van der Waals surface area contributed by atoms with Crippen molar-refractivity contribution in [3.63, 3.8) is 0 Å². The number of carbonyl (C=O) groups is 1. The number of nitrogens with zero attached hydrogens (tertiary/aromatic N) is 4. The molecule has 168 valence electrons. The van der Waals surface area contributed by atoms with E-state index in [-0.39, 0.29) is 5.91 Å². The molecule has 0 spiro atoms. The van der Waals surface area contributed by atoms with Crippen LogP contribution in [0.5, 0.6) is 0 Å². The lowest BCUT2D eigenvalue weighted by Crippen LogP contribution is -2.47.